The van der Waals surface area contributed by atoms with E-state index < -0.39 is 0 Å². The summed E-state index contributed by atoms with van der Waals surface area (Å²) in [4.78, 5) is 8.94. The predicted octanol–water partition coefficient (Wildman–Crippen LogP) is 4.24. The topological polar surface area (TPSA) is 71.7 Å². The Morgan fingerprint density at radius 1 is 1.27 bits per heavy atom. The van der Waals surface area contributed by atoms with E-state index in [1.165, 1.54) is 5.56 Å². The van der Waals surface area contributed by atoms with Crippen molar-refractivity contribution in [1.82, 2.24) is 14.4 Å². The van der Waals surface area contributed by atoms with E-state index in [-0.39, 0.29) is 11.7 Å². The van der Waals surface area contributed by atoms with Crippen LogP contribution < -0.4 is 5.32 Å². The van der Waals surface area contributed by atoms with Crippen LogP contribution in [-0.4, -0.2) is 26.6 Å². The van der Waals surface area contributed by atoms with Gasteiger partial charge in [-0.05, 0) is 37.6 Å². The molecule has 1 aliphatic carbocycles. The normalized spacial score (nSPS) is 16.9. The van der Waals surface area contributed by atoms with Gasteiger partial charge in [0.25, 0.3) is 0 Å². The quantitative estimate of drug-likeness (QED) is 0.738. The van der Waals surface area contributed by atoms with Crippen LogP contribution in [0.2, 0.25) is 0 Å². The zero-order valence-electron chi connectivity index (χ0n) is 14.7. The van der Waals surface area contributed by atoms with Crippen molar-refractivity contribution in [3.05, 3.63) is 77.8 Å². The van der Waals surface area contributed by atoms with Crippen molar-refractivity contribution in [3.63, 3.8) is 0 Å². The third-order valence-corrected chi connectivity index (χ3v) is 4.51. The molecule has 1 aromatic carbocycles. The highest BCUT2D eigenvalue weighted by molar-refractivity contribution is 5.65. The first kappa shape index (κ1) is 16.2. The molecule has 0 radical (unpaired) electrons. The first-order chi connectivity index (χ1) is 12.7. The van der Waals surface area contributed by atoms with Gasteiger partial charge < -0.3 is 15.2 Å². The number of aromatic nitrogens is 3. The lowest BCUT2D eigenvalue weighted by molar-refractivity contribution is 0.249. The number of fused-ring (bicyclic) bond motifs is 1. The van der Waals surface area contributed by atoms with Crippen LogP contribution in [0.3, 0.4) is 0 Å². The Hall–Kier alpha value is -3.28. The minimum Gasteiger partial charge on any atom is -0.504 e. The van der Waals surface area contributed by atoms with E-state index in [9.17, 15) is 5.11 Å². The molecular weight excluding hydrogens is 328 g/mol. The number of hydrogen-bond acceptors (Lipinski definition) is 5. The Morgan fingerprint density at radius 3 is 2.85 bits per heavy atom. The van der Waals surface area contributed by atoms with Gasteiger partial charge in [-0.1, -0.05) is 17.7 Å². The van der Waals surface area contributed by atoms with Gasteiger partial charge >= 0.3 is 0 Å². The van der Waals surface area contributed by atoms with Gasteiger partial charge in [-0.15, -0.1) is 0 Å². The Balaban J connectivity index is 1.79. The smallest absolute Gasteiger partial charge is 0.157 e. The number of imidazole rings is 1. The molecule has 6 heteroatoms. The molecule has 0 amide bonds. The summed E-state index contributed by atoms with van der Waals surface area (Å²) in [6, 6.07) is 8.22. The first-order valence-electron chi connectivity index (χ1n) is 8.46. The number of allylic oxidation sites excluding steroid dienone is 2. The molecule has 3 aromatic rings. The van der Waals surface area contributed by atoms with Crippen LogP contribution in [-0.2, 0) is 4.74 Å². The van der Waals surface area contributed by atoms with Gasteiger partial charge in [-0.3, -0.25) is 9.38 Å². The van der Waals surface area contributed by atoms with Crippen LogP contribution in [0.25, 0.3) is 5.65 Å². The number of aliphatic hydroxyl groups excluding tert-OH is 1. The fraction of sp³-hybridized carbons (Fsp3) is 0.200. The first-order valence-corrected chi connectivity index (χ1v) is 8.46. The monoisotopic (exact) mass is 348 g/mol. The van der Waals surface area contributed by atoms with Crippen molar-refractivity contribution in [1.29, 1.82) is 0 Å². The molecule has 1 unspecified atom stereocenters. The summed E-state index contributed by atoms with van der Waals surface area (Å²) in [5.74, 6) is 1.52. The summed E-state index contributed by atoms with van der Waals surface area (Å²) in [7, 11) is 1.55. The fourth-order valence-electron chi connectivity index (χ4n) is 3.12. The van der Waals surface area contributed by atoms with Crippen LogP contribution >= 0.6 is 0 Å². The molecule has 0 aliphatic heterocycles. The highest BCUT2D eigenvalue weighted by atomic mass is 16.5. The summed E-state index contributed by atoms with van der Waals surface area (Å²) >= 11 is 0. The van der Waals surface area contributed by atoms with Gasteiger partial charge in [-0.2, -0.15) is 0 Å². The lowest BCUT2D eigenvalue weighted by Gasteiger charge is -2.18. The van der Waals surface area contributed by atoms with E-state index in [2.05, 4.69) is 29.4 Å². The third kappa shape index (κ3) is 2.90. The van der Waals surface area contributed by atoms with Gasteiger partial charge in [0, 0.05) is 24.0 Å². The van der Waals surface area contributed by atoms with E-state index >= 15 is 0 Å². The van der Waals surface area contributed by atoms with Gasteiger partial charge in [-0.25, -0.2) is 4.98 Å². The number of rotatable bonds is 4. The number of hydrogen-bond donors (Lipinski definition) is 2. The maximum absolute atomic E-state index is 9.92. The Labute approximate surface area is 151 Å². The van der Waals surface area contributed by atoms with Gasteiger partial charge in [0.05, 0.1) is 19.0 Å². The molecule has 1 atom stereocenters. The minimum atomic E-state index is -0.00583. The summed E-state index contributed by atoms with van der Waals surface area (Å²) < 4.78 is 7.26. The average Bonchev–Trinajstić information content (AvgIpc) is 3.02. The molecule has 2 aromatic heterocycles. The number of nitrogens with zero attached hydrogens (tertiary/aromatic N) is 3. The average molecular weight is 348 g/mol. The molecule has 26 heavy (non-hydrogen) atoms. The minimum absolute atomic E-state index is 0.00583. The maximum atomic E-state index is 9.92. The van der Waals surface area contributed by atoms with E-state index in [1.54, 1.807) is 25.6 Å². The van der Waals surface area contributed by atoms with Crippen LogP contribution in [0.5, 0.6) is 0 Å². The predicted molar refractivity (Wildman–Crippen MR) is 101 cm³/mol. The molecule has 0 saturated heterocycles. The van der Waals surface area contributed by atoms with E-state index in [0.29, 0.717) is 12.2 Å². The van der Waals surface area contributed by atoms with E-state index in [0.717, 1.165) is 22.8 Å². The van der Waals surface area contributed by atoms with Crippen molar-refractivity contribution in [2.24, 2.45) is 0 Å². The molecule has 6 nitrogen and oxygen atoms in total. The number of ether oxygens (including phenoxy) is 1. The third-order valence-electron chi connectivity index (χ3n) is 4.51. The zero-order chi connectivity index (χ0) is 18.1. The standard InChI is InChI=1S/C20H20N4O2/c1-13-3-6-15(7-4-13)22-20-19(23-18-12-21-9-10-24(18)20)14-5-8-16(25)17(11-14)26-2/h3-4,6-12,14,22,25H,5H2,1-2H3. The van der Waals surface area contributed by atoms with Gasteiger partial charge in [0.2, 0.25) is 0 Å². The fourth-order valence-corrected chi connectivity index (χ4v) is 3.12. The van der Waals surface area contributed by atoms with Crippen molar-refractivity contribution >= 4 is 17.2 Å². The second-order valence-corrected chi connectivity index (χ2v) is 6.31. The van der Waals surface area contributed by atoms with Crippen LogP contribution in [0.15, 0.2) is 66.5 Å². The molecule has 1 aliphatic rings. The lowest BCUT2D eigenvalue weighted by atomic mass is 9.95. The largest absolute Gasteiger partial charge is 0.504 e. The number of benzene rings is 1. The number of methoxy groups -OCH3 is 1. The molecular formula is C20H20N4O2. The Kier molecular flexibility index (Phi) is 4.08. The summed E-state index contributed by atoms with van der Waals surface area (Å²) in [5, 5.41) is 13.4. The molecule has 2 N–H and O–H groups in total. The zero-order valence-corrected chi connectivity index (χ0v) is 14.7. The van der Waals surface area contributed by atoms with E-state index in [1.807, 2.05) is 28.8 Å². The second-order valence-electron chi connectivity index (χ2n) is 6.31. The number of nitrogens with one attached hydrogen (secondary N) is 1. The summed E-state index contributed by atoms with van der Waals surface area (Å²) in [6.45, 7) is 2.06. The van der Waals surface area contributed by atoms with Crippen LogP contribution in [0, 0.1) is 6.92 Å². The molecule has 132 valence electrons. The number of aliphatic hydroxyl groups is 1. The molecule has 0 bridgehead atoms. The SMILES string of the molecule is COC1=CC(c2nc3cnccn3c2Nc2ccc(C)cc2)CC=C1O. The van der Waals surface area contributed by atoms with E-state index in [4.69, 9.17) is 9.72 Å². The summed E-state index contributed by atoms with van der Waals surface area (Å²) in [6.07, 6.45) is 9.69. The molecule has 0 spiro atoms. The number of aryl methyl sites for hydroxylation is 1. The molecule has 2 heterocycles. The highest BCUT2D eigenvalue weighted by Crippen LogP contribution is 2.35. The van der Waals surface area contributed by atoms with Crippen molar-refractivity contribution in [2.45, 2.75) is 19.3 Å². The highest BCUT2D eigenvalue weighted by Gasteiger charge is 2.24. The molecule has 0 fully saturated rings. The molecule has 0 saturated carbocycles. The Bertz CT molecular complexity index is 1000. The maximum Gasteiger partial charge on any atom is 0.157 e. The van der Waals surface area contributed by atoms with Crippen molar-refractivity contribution in [3.8, 4) is 0 Å². The van der Waals surface area contributed by atoms with Crippen molar-refractivity contribution < 1.29 is 9.84 Å². The number of anilines is 2. The van der Waals surface area contributed by atoms with Crippen LogP contribution in [0.4, 0.5) is 11.5 Å². The second kappa shape index (κ2) is 6.55. The Morgan fingerprint density at radius 2 is 2.08 bits per heavy atom. The van der Waals surface area contributed by atoms with Crippen molar-refractivity contribution in [2.75, 3.05) is 12.4 Å². The lowest BCUT2D eigenvalue weighted by Crippen LogP contribution is -2.07. The van der Waals surface area contributed by atoms with Crippen LogP contribution in [0.1, 0.15) is 23.6 Å². The van der Waals surface area contributed by atoms with Gasteiger partial charge in [0.1, 0.15) is 5.82 Å². The molecule has 4 rings (SSSR count). The summed E-state index contributed by atoms with van der Waals surface area (Å²) in [5.41, 5.74) is 3.85. The van der Waals surface area contributed by atoms with Gasteiger partial charge in [0.15, 0.2) is 17.2 Å².